The van der Waals surface area contributed by atoms with Crippen molar-refractivity contribution >= 4 is 0 Å². The van der Waals surface area contributed by atoms with Gasteiger partial charge in [-0.2, -0.15) is 20.8 Å². The van der Waals surface area contributed by atoms with Gasteiger partial charge in [0.1, 0.15) is 0 Å². The Kier molecular flexibility index (Phi) is 4.55. The molecule has 0 aromatic carbocycles. The van der Waals surface area contributed by atoms with E-state index in [0.717, 1.165) is 0 Å². The van der Waals surface area contributed by atoms with Crippen LogP contribution in [0.25, 0.3) is 0 Å². The highest BCUT2D eigenvalue weighted by atomic mass is 15.2. The molecule has 0 aliphatic heterocycles. The summed E-state index contributed by atoms with van der Waals surface area (Å²) in [6, 6.07) is 3.01. The van der Waals surface area contributed by atoms with E-state index in [2.05, 4.69) is 10.2 Å². The predicted molar refractivity (Wildman–Crippen MR) is 60.2 cm³/mol. The third-order valence-corrected chi connectivity index (χ3v) is 2.69. The number of rotatable bonds is 4. The van der Waals surface area contributed by atoms with E-state index in [4.69, 9.17) is 22.0 Å². The summed E-state index contributed by atoms with van der Waals surface area (Å²) in [6.07, 6.45) is 0. The monoisotopic (exact) mass is 222 g/mol. The minimum Gasteiger partial charge on any atom is -0.325 e. The summed E-state index contributed by atoms with van der Waals surface area (Å²) < 4.78 is 0. The third-order valence-electron chi connectivity index (χ3n) is 2.69. The molecule has 0 saturated heterocycles. The van der Waals surface area contributed by atoms with Gasteiger partial charge in [-0.15, -0.1) is 0 Å². The summed E-state index contributed by atoms with van der Waals surface area (Å²) in [5, 5.41) is 25.7. The van der Waals surface area contributed by atoms with Crippen molar-refractivity contribution in [1.29, 1.82) is 10.5 Å². The molecule has 0 aromatic rings. The van der Waals surface area contributed by atoms with Crippen LogP contribution in [0.3, 0.4) is 0 Å². The van der Waals surface area contributed by atoms with E-state index in [1.807, 2.05) is 12.1 Å². The molecule has 6 nitrogen and oxygen atoms in total. The van der Waals surface area contributed by atoms with Crippen molar-refractivity contribution in [1.82, 2.24) is 0 Å². The smallest absolute Gasteiger partial charge is 0.179 e. The first-order valence-electron chi connectivity index (χ1n) is 4.99. The third kappa shape index (κ3) is 2.99. The van der Waals surface area contributed by atoms with E-state index in [1.54, 1.807) is 27.7 Å². The average Bonchev–Trinajstić information content (AvgIpc) is 2.24. The summed E-state index contributed by atoms with van der Waals surface area (Å²) in [5.74, 6) is 0. The topological polar surface area (TPSA) is 124 Å². The van der Waals surface area contributed by atoms with Crippen LogP contribution in [0.2, 0.25) is 0 Å². The number of hydrogen-bond donors (Lipinski definition) is 2. The molecule has 0 rings (SSSR count). The largest absolute Gasteiger partial charge is 0.325 e. The Morgan fingerprint density at radius 1 is 0.938 bits per heavy atom. The first-order chi connectivity index (χ1) is 7.22. The summed E-state index contributed by atoms with van der Waals surface area (Å²) in [6.45, 7) is 6.47. The maximum absolute atomic E-state index is 8.97. The van der Waals surface area contributed by atoms with Crippen LogP contribution >= 0.6 is 0 Å². The van der Waals surface area contributed by atoms with Gasteiger partial charge in [0.15, 0.2) is 11.1 Å². The van der Waals surface area contributed by atoms with E-state index >= 15 is 0 Å². The van der Waals surface area contributed by atoms with Gasteiger partial charge in [-0.1, -0.05) is 0 Å². The lowest BCUT2D eigenvalue weighted by atomic mass is 9.96. The fraction of sp³-hybridized carbons (Fsp3) is 0.800. The number of nitrogens with two attached hydrogens (primary N) is 2. The fourth-order valence-corrected chi connectivity index (χ4v) is 0.638. The number of nitriles is 2. The normalized spacial score (nSPS) is 22.5. The maximum Gasteiger partial charge on any atom is 0.179 e. The molecule has 88 valence electrons. The van der Waals surface area contributed by atoms with E-state index < -0.39 is 23.2 Å². The van der Waals surface area contributed by atoms with Gasteiger partial charge in [-0.05, 0) is 27.7 Å². The summed E-state index contributed by atoms with van der Waals surface area (Å²) >= 11 is 0. The second-order valence-corrected chi connectivity index (χ2v) is 4.30. The zero-order valence-corrected chi connectivity index (χ0v) is 10.1. The second kappa shape index (κ2) is 5.02. The van der Waals surface area contributed by atoms with Crippen molar-refractivity contribution in [3.63, 3.8) is 0 Å². The minimum atomic E-state index is -1.13. The standard InChI is InChI=1S/C10H18N6/c1-7(13)9(3,5-11)15-16-10(4,6-12)8(2)14/h7-8H,13-14H2,1-4H3. The molecule has 0 radical (unpaired) electrons. The number of azo groups is 1. The van der Waals surface area contributed by atoms with Crippen LogP contribution in [0.5, 0.6) is 0 Å². The highest BCUT2D eigenvalue weighted by molar-refractivity contribution is 5.12. The molecule has 0 fully saturated rings. The Bertz CT molecular complexity index is 313. The lowest BCUT2D eigenvalue weighted by molar-refractivity contribution is 0.412. The van der Waals surface area contributed by atoms with Crippen molar-refractivity contribution in [3.05, 3.63) is 0 Å². The van der Waals surface area contributed by atoms with Crippen LogP contribution in [-0.4, -0.2) is 23.2 Å². The Labute approximate surface area is 95.9 Å². The molecule has 0 bridgehead atoms. The first kappa shape index (κ1) is 14.5. The zero-order valence-electron chi connectivity index (χ0n) is 10.1. The van der Waals surface area contributed by atoms with Crippen molar-refractivity contribution < 1.29 is 0 Å². The molecule has 0 heterocycles. The van der Waals surface area contributed by atoms with Gasteiger partial charge in [0.05, 0.1) is 12.1 Å². The van der Waals surface area contributed by atoms with Crippen molar-refractivity contribution in [2.45, 2.75) is 50.9 Å². The Hall–Kier alpha value is -1.50. The molecule has 16 heavy (non-hydrogen) atoms. The van der Waals surface area contributed by atoms with Crippen LogP contribution in [0, 0.1) is 22.7 Å². The molecule has 0 aliphatic rings. The molecule has 0 aromatic heterocycles. The van der Waals surface area contributed by atoms with E-state index in [1.165, 1.54) is 0 Å². The molecule has 4 atom stereocenters. The second-order valence-electron chi connectivity index (χ2n) is 4.30. The van der Waals surface area contributed by atoms with Gasteiger partial charge in [-0.3, -0.25) is 0 Å². The highest BCUT2D eigenvalue weighted by Gasteiger charge is 2.33. The summed E-state index contributed by atoms with van der Waals surface area (Å²) in [5.41, 5.74) is 9.01. The molecule has 0 spiro atoms. The molecule has 4 N–H and O–H groups in total. The van der Waals surface area contributed by atoms with E-state index in [-0.39, 0.29) is 0 Å². The van der Waals surface area contributed by atoms with Gasteiger partial charge in [0.2, 0.25) is 0 Å². The van der Waals surface area contributed by atoms with Crippen LogP contribution in [0.15, 0.2) is 10.2 Å². The fourth-order valence-electron chi connectivity index (χ4n) is 0.638. The van der Waals surface area contributed by atoms with Crippen molar-refractivity contribution in [2.24, 2.45) is 21.7 Å². The Morgan fingerprint density at radius 2 is 1.19 bits per heavy atom. The molecular formula is C10H18N6. The Morgan fingerprint density at radius 3 is 1.31 bits per heavy atom. The summed E-state index contributed by atoms with van der Waals surface area (Å²) in [7, 11) is 0. The number of hydrogen-bond acceptors (Lipinski definition) is 6. The lowest BCUT2D eigenvalue weighted by Gasteiger charge is -2.24. The SMILES string of the molecule is CC(N)C(C)(C#N)N=NC(C)(C#N)C(C)N. The molecule has 6 heteroatoms. The van der Waals surface area contributed by atoms with Gasteiger partial charge < -0.3 is 11.5 Å². The maximum atomic E-state index is 8.97. The van der Waals surface area contributed by atoms with Crippen molar-refractivity contribution in [3.8, 4) is 12.1 Å². The van der Waals surface area contributed by atoms with Gasteiger partial charge in [0.25, 0.3) is 0 Å². The molecule has 4 unspecified atom stereocenters. The van der Waals surface area contributed by atoms with Crippen LogP contribution in [-0.2, 0) is 0 Å². The minimum absolute atomic E-state index is 0.475. The quantitative estimate of drug-likeness (QED) is 0.679. The Balaban J connectivity index is 5.12. The highest BCUT2D eigenvalue weighted by Crippen LogP contribution is 2.19. The van der Waals surface area contributed by atoms with Crippen LogP contribution in [0.4, 0.5) is 0 Å². The summed E-state index contributed by atoms with van der Waals surface area (Å²) in [4.78, 5) is 0. The zero-order chi connectivity index (χ0) is 13.0. The first-order valence-corrected chi connectivity index (χ1v) is 4.99. The lowest BCUT2D eigenvalue weighted by Crippen LogP contribution is -2.43. The van der Waals surface area contributed by atoms with Crippen LogP contribution in [0.1, 0.15) is 27.7 Å². The molecule has 0 saturated carbocycles. The predicted octanol–water partition coefficient (Wildman–Crippen LogP) is 0.698. The molecule has 0 amide bonds. The van der Waals surface area contributed by atoms with Gasteiger partial charge in [-0.25, -0.2) is 0 Å². The van der Waals surface area contributed by atoms with Gasteiger partial charge >= 0.3 is 0 Å². The van der Waals surface area contributed by atoms with Crippen LogP contribution < -0.4 is 11.5 Å². The van der Waals surface area contributed by atoms with E-state index in [9.17, 15) is 0 Å². The number of nitrogens with zero attached hydrogens (tertiary/aromatic N) is 4. The average molecular weight is 222 g/mol. The molecule has 0 aliphatic carbocycles. The molecular weight excluding hydrogens is 204 g/mol. The van der Waals surface area contributed by atoms with Crippen molar-refractivity contribution in [2.75, 3.05) is 0 Å². The van der Waals surface area contributed by atoms with Gasteiger partial charge in [0, 0.05) is 12.1 Å². The van der Waals surface area contributed by atoms with E-state index in [0.29, 0.717) is 0 Å².